The van der Waals surface area contributed by atoms with Crippen molar-refractivity contribution in [3.8, 4) is 5.75 Å². The van der Waals surface area contributed by atoms with Gasteiger partial charge in [-0.2, -0.15) is 0 Å². The van der Waals surface area contributed by atoms with Gasteiger partial charge >= 0.3 is 0 Å². The first-order chi connectivity index (χ1) is 12.7. The molecule has 4 rings (SSSR count). The minimum Gasteiger partial charge on any atom is -0.497 e. The number of nitrogens with one attached hydrogen (secondary N) is 1. The number of benzene rings is 1. The molecule has 0 bridgehead atoms. The number of amides is 1. The highest BCUT2D eigenvalue weighted by Crippen LogP contribution is 2.26. The molecule has 1 N–H and O–H groups in total. The number of hydrogen-bond acceptors (Lipinski definition) is 5. The maximum absolute atomic E-state index is 12.5. The molecule has 7 heteroatoms. The third-order valence-corrected chi connectivity index (χ3v) is 4.32. The molecule has 1 aromatic carbocycles. The summed E-state index contributed by atoms with van der Waals surface area (Å²) in [5.74, 6) is 1.30. The van der Waals surface area contributed by atoms with Gasteiger partial charge in [-0.15, -0.1) is 10.2 Å². The number of pyridine rings is 1. The van der Waals surface area contributed by atoms with Gasteiger partial charge in [0.05, 0.1) is 25.8 Å². The molecule has 4 aromatic rings. The fourth-order valence-electron chi connectivity index (χ4n) is 3.01. The second kappa shape index (κ2) is 6.51. The molecule has 0 fully saturated rings. The molecule has 3 heterocycles. The maximum atomic E-state index is 12.5. The van der Waals surface area contributed by atoms with E-state index in [1.807, 2.05) is 53.9 Å². The topological polar surface area (TPSA) is 81.7 Å². The Morgan fingerprint density at radius 1 is 1.31 bits per heavy atom. The summed E-state index contributed by atoms with van der Waals surface area (Å²) < 4.78 is 12.6. The van der Waals surface area contributed by atoms with E-state index in [4.69, 9.17) is 9.15 Å². The number of carbonyl (C=O) groups excluding carboxylic acids is 1. The van der Waals surface area contributed by atoms with Crippen LogP contribution in [0, 0.1) is 0 Å². The molecule has 0 spiro atoms. The van der Waals surface area contributed by atoms with E-state index >= 15 is 0 Å². The first-order valence-corrected chi connectivity index (χ1v) is 8.29. The molecule has 0 radical (unpaired) electrons. The highest BCUT2D eigenvalue weighted by molar-refractivity contribution is 5.88. The normalized spacial score (nSPS) is 12.4. The number of methoxy groups -OCH3 is 1. The Labute approximate surface area is 149 Å². The molecular formula is C19H18N4O3. The van der Waals surface area contributed by atoms with Crippen LogP contribution in [0.4, 0.5) is 0 Å². The van der Waals surface area contributed by atoms with Crippen LogP contribution in [0.15, 0.2) is 53.3 Å². The van der Waals surface area contributed by atoms with Crippen molar-refractivity contribution >= 4 is 22.5 Å². The largest absolute Gasteiger partial charge is 0.497 e. The molecule has 132 valence electrons. The smallest absolute Gasteiger partial charge is 0.225 e. The van der Waals surface area contributed by atoms with E-state index in [9.17, 15) is 4.79 Å². The Morgan fingerprint density at radius 3 is 3.04 bits per heavy atom. The van der Waals surface area contributed by atoms with Crippen LogP contribution in [0.25, 0.3) is 16.6 Å². The monoisotopic (exact) mass is 350 g/mol. The highest BCUT2D eigenvalue weighted by atomic mass is 16.5. The highest BCUT2D eigenvalue weighted by Gasteiger charge is 2.17. The molecule has 7 nitrogen and oxygen atoms in total. The van der Waals surface area contributed by atoms with Gasteiger partial charge in [0.15, 0.2) is 11.5 Å². The van der Waals surface area contributed by atoms with Crippen LogP contribution in [0.1, 0.15) is 24.4 Å². The molecular weight excluding hydrogens is 332 g/mol. The summed E-state index contributed by atoms with van der Waals surface area (Å²) in [5, 5.41) is 12.2. The number of rotatable bonds is 5. The van der Waals surface area contributed by atoms with Crippen LogP contribution in [0.5, 0.6) is 5.75 Å². The maximum Gasteiger partial charge on any atom is 0.225 e. The average molecular weight is 350 g/mol. The van der Waals surface area contributed by atoms with Crippen molar-refractivity contribution in [3.63, 3.8) is 0 Å². The molecule has 0 saturated carbocycles. The molecule has 1 atom stereocenters. The fourth-order valence-corrected chi connectivity index (χ4v) is 3.01. The van der Waals surface area contributed by atoms with Gasteiger partial charge in [-0.25, -0.2) is 0 Å². The summed E-state index contributed by atoms with van der Waals surface area (Å²) in [6.45, 7) is 1.89. The lowest BCUT2D eigenvalue weighted by Gasteiger charge is -2.12. The van der Waals surface area contributed by atoms with Crippen molar-refractivity contribution in [1.82, 2.24) is 19.9 Å². The van der Waals surface area contributed by atoms with Gasteiger partial charge in [-0.1, -0.05) is 6.07 Å². The minimum atomic E-state index is -0.266. The predicted molar refractivity (Wildman–Crippen MR) is 96.0 cm³/mol. The number of ether oxygens (including phenoxy) is 1. The van der Waals surface area contributed by atoms with Crippen LogP contribution in [-0.2, 0) is 11.2 Å². The van der Waals surface area contributed by atoms with Gasteiger partial charge in [-0.05, 0) is 31.2 Å². The fraction of sp³-hybridized carbons (Fsp3) is 0.211. The molecule has 26 heavy (non-hydrogen) atoms. The summed E-state index contributed by atoms with van der Waals surface area (Å²) in [7, 11) is 1.61. The lowest BCUT2D eigenvalue weighted by atomic mass is 10.1. The second-order valence-corrected chi connectivity index (χ2v) is 6.08. The van der Waals surface area contributed by atoms with Gasteiger partial charge in [0.1, 0.15) is 11.3 Å². The van der Waals surface area contributed by atoms with Crippen LogP contribution in [-0.4, -0.2) is 27.6 Å². The summed E-state index contributed by atoms with van der Waals surface area (Å²) in [5.41, 5.74) is 2.28. The van der Waals surface area contributed by atoms with Gasteiger partial charge in [0.2, 0.25) is 5.91 Å². The van der Waals surface area contributed by atoms with Crippen LogP contribution in [0.3, 0.4) is 0 Å². The van der Waals surface area contributed by atoms with Crippen molar-refractivity contribution in [2.24, 2.45) is 0 Å². The Bertz CT molecular complexity index is 1080. The number of fused-ring (bicyclic) bond motifs is 2. The zero-order chi connectivity index (χ0) is 18.1. The van der Waals surface area contributed by atoms with E-state index < -0.39 is 0 Å². The van der Waals surface area contributed by atoms with Crippen molar-refractivity contribution in [2.45, 2.75) is 19.4 Å². The average Bonchev–Trinajstić information content (AvgIpc) is 3.25. The van der Waals surface area contributed by atoms with E-state index in [1.165, 1.54) is 0 Å². The third kappa shape index (κ3) is 2.88. The molecule has 0 saturated heterocycles. The zero-order valence-corrected chi connectivity index (χ0v) is 14.5. The molecule has 1 amide bonds. The van der Waals surface area contributed by atoms with E-state index in [1.54, 1.807) is 13.4 Å². The van der Waals surface area contributed by atoms with Gasteiger partial charge in [-0.3, -0.25) is 9.20 Å². The van der Waals surface area contributed by atoms with Crippen LogP contribution in [0.2, 0.25) is 0 Å². The lowest BCUT2D eigenvalue weighted by Crippen LogP contribution is -2.29. The summed E-state index contributed by atoms with van der Waals surface area (Å²) in [6, 6.07) is 11.0. The van der Waals surface area contributed by atoms with Gasteiger partial charge in [0.25, 0.3) is 0 Å². The Kier molecular flexibility index (Phi) is 4.04. The number of nitrogens with zero attached hydrogens (tertiary/aromatic N) is 3. The molecule has 0 aliphatic heterocycles. The number of carbonyl (C=O) groups is 1. The van der Waals surface area contributed by atoms with E-state index in [0.29, 0.717) is 11.4 Å². The summed E-state index contributed by atoms with van der Waals surface area (Å²) in [4.78, 5) is 12.5. The first-order valence-electron chi connectivity index (χ1n) is 8.29. The SMILES string of the molecule is COc1ccc2c(CC(=O)NC(C)c3nnc4ccccn34)coc2c1. The second-order valence-electron chi connectivity index (χ2n) is 6.08. The molecule has 1 unspecified atom stereocenters. The van der Waals surface area contributed by atoms with Crippen molar-refractivity contribution < 1.29 is 13.9 Å². The quantitative estimate of drug-likeness (QED) is 0.598. The number of furan rings is 1. The zero-order valence-electron chi connectivity index (χ0n) is 14.5. The van der Waals surface area contributed by atoms with Crippen LogP contribution < -0.4 is 10.1 Å². The lowest BCUT2D eigenvalue weighted by molar-refractivity contribution is -0.121. The van der Waals surface area contributed by atoms with Gasteiger partial charge in [0, 0.05) is 23.2 Å². The Morgan fingerprint density at radius 2 is 2.19 bits per heavy atom. The van der Waals surface area contributed by atoms with E-state index in [2.05, 4.69) is 15.5 Å². The van der Waals surface area contributed by atoms with Crippen molar-refractivity contribution in [3.05, 3.63) is 60.2 Å². The predicted octanol–water partition coefficient (Wildman–Crippen LogP) is 2.90. The standard InChI is InChI=1S/C19H18N4O3/c1-12(19-22-21-17-5-3-4-8-23(17)19)20-18(24)9-13-11-26-16-10-14(25-2)6-7-15(13)16/h3-8,10-12H,9H2,1-2H3,(H,20,24). The number of aromatic nitrogens is 3. The minimum absolute atomic E-state index is 0.108. The van der Waals surface area contributed by atoms with E-state index in [-0.39, 0.29) is 18.4 Å². The van der Waals surface area contributed by atoms with Gasteiger partial charge < -0.3 is 14.5 Å². The number of hydrogen-bond donors (Lipinski definition) is 1. The molecule has 3 aromatic heterocycles. The van der Waals surface area contributed by atoms with Crippen LogP contribution >= 0.6 is 0 Å². The summed E-state index contributed by atoms with van der Waals surface area (Å²) in [6.07, 6.45) is 3.71. The van der Waals surface area contributed by atoms with Crippen molar-refractivity contribution in [1.29, 1.82) is 0 Å². The Balaban J connectivity index is 1.50. The first kappa shape index (κ1) is 16.1. The molecule has 0 aliphatic carbocycles. The third-order valence-electron chi connectivity index (χ3n) is 4.32. The van der Waals surface area contributed by atoms with Crippen molar-refractivity contribution in [2.75, 3.05) is 7.11 Å². The van der Waals surface area contributed by atoms with E-state index in [0.717, 1.165) is 22.3 Å². The Hall–Kier alpha value is -3.35. The summed E-state index contributed by atoms with van der Waals surface area (Å²) >= 11 is 0. The molecule has 0 aliphatic rings.